The molecule has 34 heavy (non-hydrogen) atoms. The number of hydrogen-bond donors (Lipinski definition) is 2. The van der Waals surface area contributed by atoms with Crippen molar-refractivity contribution in [1.82, 2.24) is 20.4 Å². The molecule has 0 radical (unpaired) electrons. The zero-order chi connectivity index (χ0) is 24.3. The van der Waals surface area contributed by atoms with Crippen molar-refractivity contribution in [2.75, 3.05) is 25.5 Å². The Bertz CT molecular complexity index is 1100. The van der Waals surface area contributed by atoms with Crippen molar-refractivity contribution in [3.63, 3.8) is 0 Å². The molecule has 3 amide bonds. The minimum absolute atomic E-state index is 0.124. The van der Waals surface area contributed by atoms with E-state index in [-0.39, 0.29) is 24.3 Å². The Morgan fingerprint density at radius 3 is 2.47 bits per heavy atom. The fraction of sp³-hybridized carbons (Fsp3) is 0.292. The lowest BCUT2D eigenvalue weighted by molar-refractivity contribution is -0.142. The van der Waals surface area contributed by atoms with Gasteiger partial charge < -0.3 is 24.8 Å². The molecule has 0 unspecified atom stereocenters. The second-order valence-electron chi connectivity index (χ2n) is 7.46. The smallest absolute Gasteiger partial charge is 0.321 e. The molecule has 2 N–H and O–H groups in total. The lowest BCUT2D eigenvalue weighted by Crippen LogP contribution is -2.33. The quantitative estimate of drug-likeness (QED) is 0.441. The van der Waals surface area contributed by atoms with E-state index in [4.69, 9.17) is 9.26 Å². The van der Waals surface area contributed by atoms with Crippen LogP contribution in [0.3, 0.4) is 0 Å². The summed E-state index contributed by atoms with van der Waals surface area (Å²) in [5.74, 6) is -0.550. The monoisotopic (exact) mass is 465 g/mol. The SMILES string of the molecule is CCOC(=O)Cc1ccc(NC(=O)N(C)CCc2noc(C(=O)NCc3ccccc3)n2)cc1. The highest BCUT2D eigenvalue weighted by molar-refractivity contribution is 5.89. The van der Waals surface area contributed by atoms with Crippen molar-refractivity contribution in [1.29, 1.82) is 0 Å². The molecule has 3 aromatic rings. The first-order valence-corrected chi connectivity index (χ1v) is 10.9. The third kappa shape index (κ3) is 7.44. The molecule has 2 aromatic carbocycles. The van der Waals surface area contributed by atoms with Gasteiger partial charge >= 0.3 is 23.8 Å². The summed E-state index contributed by atoms with van der Waals surface area (Å²) in [4.78, 5) is 41.7. The Labute approximate surface area is 197 Å². The minimum atomic E-state index is -0.458. The average molecular weight is 466 g/mol. The number of likely N-dealkylation sites (N-methyl/N-ethyl adjacent to an activating group) is 1. The first-order chi connectivity index (χ1) is 16.4. The van der Waals surface area contributed by atoms with Crippen LogP contribution in [-0.4, -0.2) is 53.1 Å². The molecule has 1 heterocycles. The Balaban J connectivity index is 1.43. The van der Waals surface area contributed by atoms with Gasteiger partial charge in [0, 0.05) is 32.2 Å². The number of carbonyl (C=O) groups excluding carboxylic acids is 3. The van der Waals surface area contributed by atoms with Gasteiger partial charge in [-0.05, 0) is 30.2 Å². The molecule has 0 aliphatic carbocycles. The summed E-state index contributed by atoms with van der Waals surface area (Å²) in [6.07, 6.45) is 0.497. The summed E-state index contributed by atoms with van der Waals surface area (Å²) < 4.78 is 9.96. The number of rotatable bonds is 10. The van der Waals surface area contributed by atoms with Gasteiger partial charge in [-0.1, -0.05) is 47.6 Å². The zero-order valence-electron chi connectivity index (χ0n) is 19.1. The second-order valence-corrected chi connectivity index (χ2v) is 7.46. The lowest BCUT2D eigenvalue weighted by Gasteiger charge is -2.17. The maximum atomic E-state index is 12.4. The molecule has 10 nitrogen and oxygen atoms in total. The molecular formula is C24H27N5O5. The van der Waals surface area contributed by atoms with E-state index in [1.165, 1.54) is 4.90 Å². The van der Waals surface area contributed by atoms with Crippen LogP contribution in [0.4, 0.5) is 10.5 Å². The van der Waals surface area contributed by atoms with Gasteiger partial charge in [-0.3, -0.25) is 9.59 Å². The van der Waals surface area contributed by atoms with Crippen LogP contribution in [-0.2, 0) is 28.9 Å². The van der Waals surface area contributed by atoms with Gasteiger partial charge in [0.2, 0.25) is 0 Å². The second kappa shape index (κ2) is 12.1. The predicted molar refractivity (Wildman–Crippen MR) is 124 cm³/mol. The molecule has 0 atom stereocenters. The maximum Gasteiger partial charge on any atom is 0.321 e. The van der Waals surface area contributed by atoms with Crippen LogP contribution in [0.15, 0.2) is 59.1 Å². The molecule has 10 heteroatoms. The molecule has 0 aliphatic rings. The predicted octanol–water partition coefficient (Wildman–Crippen LogP) is 2.81. The van der Waals surface area contributed by atoms with Crippen molar-refractivity contribution >= 4 is 23.6 Å². The molecule has 0 spiro atoms. The minimum Gasteiger partial charge on any atom is -0.466 e. The molecule has 178 valence electrons. The van der Waals surface area contributed by atoms with E-state index in [0.29, 0.717) is 37.6 Å². The van der Waals surface area contributed by atoms with Crippen molar-refractivity contribution in [2.45, 2.75) is 26.3 Å². The fourth-order valence-electron chi connectivity index (χ4n) is 2.97. The van der Waals surface area contributed by atoms with Crippen LogP contribution in [0, 0.1) is 0 Å². The normalized spacial score (nSPS) is 10.4. The molecule has 0 fully saturated rings. The van der Waals surface area contributed by atoms with Crippen LogP contribution in [0.2, 0.25) is 0 Å². The van der Waals surface area contributed by atoms with Gasteiger partial charge in [0.05, 0.1) is 13.0 Å². The number of hydrogen-bond acceptors (Lipinski definition) is 7. The van der Waals surface area contributed by atoms with E-state index in [0.717, 1.165) is 11.1 Å². The number of urea groups is 1. The molecule has 0 saturated heterocycles. The van der Waals surface area contributed by atoms with E-state index >= 15 is 0 Å². The van der Waals surface area contributed by atoms with Crippen molar-refractivity contribution in [3.05, 3.63) is 77.4 Å². The van der Waals surface area contributed by atoms with Gasteiger partial charge in [-0.15, -0.1) is 0 Å². The van der Waals surface area contributed by atoms with Gasteiger partial charge in [0.1, 0.15) is 0 Å². The average Bonchev–Trinajstić information content (AvgIpc) is 3.32. The topological polar surface area (TPSA) is 127 Å². The zero-order valence-corrected chi connectivity index (χ0v) is 19.1. The van der Waals surface area contributed by atoms with E-state index in [2.05, 4.69) is 20.8 Å². The molecule has 3 rings (SSSR count). The van der Waals surface area contributed by atoms with Crippen LogP contribution in [0.1, 0.15) is 34.6 Å². The summed E-state index contributed by atoms with van der Waals surface area (Å²) in [5, 5.41) is 9.32. The van der Waals surface area contributed by atoms with Crippen molar-refractivity contribution in [2.24, 2.45) is 0 Å². The molecule has 0 bridgehead atoms. The van der Waals surface area contributed by atoms with Crippen molar-refractivity contribution < 1.29 is 23.6 Å². The van der Waals surface area contributed by atoms with Crippen LogP contribution >= 0.6 is 0 Å². The first-order valence-electron chi connectivity index (χ1n) is 10.9. The fourth-order valence-corrected chi connectivity index (χ4v) is 2.97. The lowest BCUT2D eigenvalue weighted by atomic mass is 10.1. The van der Waals surface area contributed by atoms with Gasteiger partial charge in [0.15, 0.2) is 5.82 Å². The number of ether oxygens (including phenoxy) is 1. The summed E-state index contributed by atoms with van der Waals surface area (Å²) in [6.45, 7) is 2.77. The summed E-state index contributed by atoms with van der Waals surface area (Å²) in [5.41, 5.74) is 2.35. The van der Waals surface area contributed by atoms with Crippen LogP contribution in [0.25, 0.3) is 0 Å². The molecule has 0 saturated carbocycles. The number of nitrogens with one attached hydrogen (secondary N) is 2. The summed E-state index contributed by atoms with van der Waals surface area (Å²) in [7, 11) is 1.64. The van der Waals surface area contributed by atoms with Gasteiger partial charge in [-0.25, -0.2) is 4.79 Å². The standard InChI is InChI=1S/C24H27N5O5/c1-3-33-21(30)15-17-9-11-19(12-10-17)26-24(32)29(2)14-13-20-27-23(34-28-20)22(31)25-16-18-7-5-4-6-8-18/h4-12H,3,13-16H2,1-2H3,(H,25,31)(H,26,32). The molecule has 1 aromatic heterocycles. The number of esters is 1. The number of nitrogens with zero attached hydrogens (tertiary/aromatic N) is 3. The van der Waals surface area contributed by atoms with E-state index in [9.17, 15) is 14.4 Å². The van der Waals surface area contributed by atoms with E-state index in [1.807, 2.05) is 30.3 Å². The number of benzene rings is 2. The van der Waals surface area contributed by atoms with Crippen molar-refractivity contribution in [3.8, 4) is 0 Å². The highest BCUT2D eigenvalue weighted by Gasteiger charge is 2.16. The Kier molecular flexibility index (Phi) is 8.73. The summed E-state index contributed by atoms with van der Waals surface area (Å²) in [6, 6.07) is 16.1. The van der Waals surface area contributed by atoms with Gasteiger partial charge in [0.25, 0.3) is 0 Å². The molecule has 0 aliphatic heterocycles. The Morgan fingerprint density at radius 2 is 1.76 bits per heavy atom. The first kappa shape index (κ1) is 24.4. The van der Waals surface area contributed by atoms with Crippen LogP contribution < -0.4 is 10.6 Å². The number of aromatic nitrogens is 2. The third-order valence-electron chi connectivity index (χ3n) is 4.83. The van der Waals surface area contributed by atoms with E-state index < -0.39 is 5.91 Å². The number of anilines is 1. The number of carbonyl (C=O) groups is 3. The Hall–Kier alpha value is -4.21. The van der Waals surface area contributed by atoms with Crippen LogP contribution in [0.5, 0.6) is 0 Å². The third-order valence-corrected chi connectivity index (χ3v) is 4.83. The Morgan fingerprint density at radius 1 is 1.03 bits per heavy atom. The van der Waals surface area contributed by atoms with Gasteiger partial charge in [-0.2, -0.15) is 4.98 Å². The maximum absolute atomic E-state index is 12.4. The highest BCUT2D eigenvalue weighted by atomic mass is 16.5. The highest BCUT2D eigenvalue weighted by Crippen LogP contribution is 2.11. The number of amides is 3. The summed E-state index contributed by atoms with van der Waals surface area (Å²) >= 11 is 0. The largest absolute Gasteiger partial charge is 0.466 e. The molecular weight excluding hydrogens is 438 g/mol. The van der Waals surface area contributed by atoms with E-state index in [1.54, 1.807) is 38.2 Å².